The number of aromatic nitrogens is 1. The first-order valence-electron chi connectivity index (χ1n) is 8.17. The quantitative estimate of drug-likeness (QED) is 0.488. The van der Waals surface area contributed by atoms with Crippen LogP contribution < -0.4 is 5.32 Å². The van der Waals surface area contributed by atoms with Crippen LogP contribution >= 0.6 is 11.3 Å². The molecular formula is C19H16FN3O3S. The highest BCUT2D eigenvalue weighted by molar-refractivity contribution is 7.21. The molecule has 8 heteroatoms. The van der Waals surface area contributed by atoms with Gasteiger partial charge in [-0.15, -0.1) is 11.3 Å². The van der Waals surface area contributed by atoms with E-state index in [1.165, 1.54) is 24.5 Å². The Labute approximate surface area is 158 Å². The number of halogens is 1. The normalized spacial score (nSPS) is 10.8. The summed E-state index contributed by atoms with van der Waals surface area (Å²) in [7, 11) is 0. The van der Waals surface area contributed by atoms with Crippen LogP contribution in [0.2, 0.25) is 0 Å². The third-order valence-electron chi connectivity index (χ3n) is 3.90. The molecule has 1 amide bonds. The minimum Gasteiger partial charge on any atom is -0.312 e. The Morgan fingerprint density at radius 2 is 1.78 bits per heavy atom. The smallest absolute Gasteiger partial charge is 0.312 e. The molecule has 2 heterocycles. The van der Waals surface area contributed by atoms with Crippen LogP contribution in [-0.2, 0) is 4.79 Å². The number of hydrogen-bond acceptors (Lipinski definition) is 5. The van der Waals surface area contributed by atoms with Gasteiger partial charge in [-0.25, -0.2) is 4.39 Å². The monoisotopic (exact) mass is 385 g/mol. The van der Waals surface area contributed by atoms with Gasteiger partial charge in [-0.1, -0.05) is 26.0 Å². The Balaban J connectivity index is 2.26. The van der Waals surface area contributed by atoms with Crippen molar-refractivity contribution in [1.29, 1.82) is 0 Å². The second-order valence-corrected chi connectivity index (χ2v) is 7.15. The van der Waals surface area contributed by atoms with Gasteiger partial charge in [0, 0.05) is 18.3 Å². The molecule has 0 bridgehead atoms. The van der Waals surface area contributed by atoms with Gasteiger partial charge < -0.3 is 5.32 Å². The van der Waals surface area contributed by atoms with Crippen LogP contribution in [0.4, 0.5) is 15.1 Å². The Kier molecular flexibility index (Phi) is 5.27. The molecule has 0 unspecified atom stereocenters. The lowest BCUT2D eigenvalue weighted by atomic mass is 10.0. The number of hydrogen-bond donors (Lipinski definition) is 1. The minimum absolute atomic E-state index is 0.157. The molecule has 0 saturated heterocycles. The number of carbonyl (C=O) groups is 1. The van der Waals surface area contributed by atoms with Gasteiger partial charge in [-0.3, -0.25) is 19.9 Å². The van der Waals surface area contributed by atoms with E-state index in [1.807, 2.05) is 0 Å². The highest BCUT2D eigenvalue weighted by atomic mass is 32.1. The number of amides is 1. The summed E-state index contributed by atoms with van der Waals surface area (Å²) in [5.74, 6) is -1.04. The fraction of sp³-hybridized carbons (Fsp3) is 0.158. The average molecular weight is 385 g/mol. The maximum atomic E-state index is 13.3. The number of anilines is 1. The van der Waals surface area contributed by atoms with Gasteiger partial charge in [0.05, 0.1) is 15.4 Å². The van der Waals surface area contributed by atoms with Crippen LogP contribution in [0, 0.1) is 21.8 Å². The average Bonchev–Trinajstić information content (AvgIpc) is 3.02. The highest BCUT2D eigenvalue weighted by Gasteiger charge is 2.30. The molecule has 0 aliphatic heterocycles. The highest BCUT2D eigenvalue weighted by Crippen LogP contribution is 2.50. The van der Waals surface area contributed by atoms with Gasteiger partial charge in [-0.05, 0) is 35.4 Å². The van der Waals surface area contributed by atoms with Crippen LogP contribution in [0.25, 0.3) is 21.6 Å². The van der Waals surface area contributed by atoms with E-state index >= 15 is 0 Å². The Morgan fingerprint density at radius 3 is 2.33 bits per heavy atom. The van der Waals surface area contributed by atoms with Gasteiger partial charge in [0.2, 0.25) is 5.91 Å². The molecule has 0 atom stereocenters. The largest absolute Gasteiger partial charge is 0.312 e. The van der Waals surface area contributed by atoms with Crippen LogP contribution in [0.3, 0.4) is 0 Å². The second-order valence-electron chi connectivity index (χ2n) is 6.13. The topological polar surface area (TPSA) is 85.1 Å². The van der Waals surface area contributed by atoms with Gasteiger partial charge in [0.15, 0.2) is 5.00 Å². The van der Waals surface area contributed by atoms with E-state index in [1.54, 1.807) is 38.1 Å². The third-order valence-corrected chi connectivity index (χ3v) is 5.05. The summed E-state index contributed by atoms with van der Waals surface area (Å²) in [6, 6.07) is 9.03. The standard InChI is InChI=1S/C19H16FN3O3S/c1-11(2)18(24)22-19-16(23(25)26)15(12-7-9-21-10-8-12)17(27-19)13-3-5-14(20)6-4-13/h3-11H,1-2H3,(H,22,24). The number of thiophene rings is 1. The summed E-state index contributed by atoms with van der Waals surface area (Å²) in [4.78, 5) is 28.0. The molecule has 0 fully saturated rings. The lowest BCUT2D eigenvalue weighted by Gasteiger charge is -2.05. The predicted molar refractivity (Wildman–Crippen MR) is 103 cm³/mol. The number of benzene rings is 1. The Hall–Kier alpha value is -3.13. The van der Waals surface area contributed by atoms with Crippen molar-refractivity contribution in [3.63, 3.8) is 0 Å². The van der Waals surface area contributed by atoms with Crippen molar-refractivity contribution in [2.75, 3.05) is 5.32 Å². The van der Waals surface area contributed by atoms with Crippen molar-refractivity contribution in [2.24, 2.45) is 5.92 Å². The molecular weight excluding hydrogens is 369 g/mol. The maximum absolute atomic E-state index is 13.3. The molecule has 1 aromatic carbocycles. The Bertz CT molecular complexity index is 985. The first kappa shape index (κ1) is 18.7. The minimum atomic E-state index is -0.505. The molecule has 0 radical (unpaired) electrons. The van der Waals surface area contributed by atoms with Gasteiger partial charge in [0.1, 0.15) is 5.82 Å². The fourth-order valence-electron chi connectivity index (χ4n) is 2.53. The zero-order valence-electron chi connectivity index (χ0n) is 14.6. The molecule has 0 saturated carbocycles. The summed E-state index contributed by atoms with van der Waals surface area (Å²) in [6.45, 7) is 3.42. The lowest BCUT2D eigenvalue weighted by Crippen LogP contribution is -2.17. The molecule has 2 aromatic heterocycles. The van der Waals surface area contributed by atoms with E-state index in [0.29, 0.717) is 21.6 Å². The number of nitrogens with zero attached hydrogens (tertiary/aromatic N) is 2. The van der Waals surface area contributed by atoms with Crippen LogP contribution in [0.15, 0.2) is 48.8 Å². The molecule has 138 valence electrons. The zero-order chi connectivity index (χ0) is 19.6. The van der Waals surface area contributed by atoms with Crippen molar-refractivity contribution in [1.82, 2.24) is 4.98 Å². The molecule has 0 aliphatic carbocycles. The van der Waals surface area contributed by atoms with Crippen molar-refractivity contribution in [2.45, 2.75) is 13.8 Å². The fourth-order valence-corrected chi connectivity index (χ4v) is 3.73. The molecule has 27 heavy (non-hydrogen) atoms. The number of nitrogens with one attached hydrogen (secondary N) is 1. The van der Waals surface area contributed by atoms with Gasteiger partial charge in [-0.2, -0.15) is 0 Å². The number of carbonyl (C=O) groups excluding carboxylic acids is 1. The van der Waals surface area contributed by atoms with Crippen molar-refractivity contribution in [3.8, 4) is 21.6 Å². The number of rotatable bonds is 5. The maximum Gasteiger partial charge on any atom is 0.312 e. The van der Waals surface area contributed by atoms with Crippen molar-refractivity contribution >= 4 is 27.9 Å². The van der Waals surface area contributed by atoms with Crippen LogP contribution in [-0.4, -0.2) is 15.8 Å². The number of nitro groups is 1. The summed E-state index contributed by atoms with van der Waals surface area (Å²) >= 11 is 1.10. The van der Waals surface area contributed by atoms with Gasteiger partial charge >= 0.3 is 5.69 Å². The van der Waals surface area contributed by atoms with Crippen LogP contribution in [0.5, 0.6) is 0 Å². The lowest BCUT2D eigenvalue weighted by molar-refractivity contribution is -0.382. The SMILES string of the molecule is CC(C)C(=O)Nc1sc(-c2ccc(F)cc2)c(-c2ccncc2)c1[N+](=O)[O-]. The molecule has 6 nitrogen and oxygen atoms in total. The zero-order valence-corrected chi connectivity index (χ0v) is 15.4. The molecule has 0 aliphatic rings. The van der Waals surface area contributed by atoms with Crippen LogP contribution in [0.1, 0.15) is 13.8 Å². The van der Waals surface area contributed by atoms with Gasteiger partial charge in [0.25, 0.3) is 0 Å². The third kappa shape index (κ3) is 3.85. The first-order valence-corrected chi connectivity index (χ1v) is 8.98. The summed E-state index contributed by atoms with van der Waals surface area (Å²) in [5, 5.41) is 14.7. The molecule has 3 rings (SSSR count). The van der Waals surface area contributed by atoms with E-state index in [0.717, 1.165) is 11.3 Å². The second kappa shape index (κ2) is 7.63. The van der Waals surface area contributed by atoms with E-state index in [2.05, 4.69) is 10.3 Å². The number of pyridine rings is 1. The summed E-state index contributed by atoms with van der Waals surface area (Å²) in [5.41, 5.74) is 1.41. The molecule has 1 N–H and O–H groups in total. The summed E-state index contributed by atoms with van der Waals surface area (Å²) < 4.78 is 13.3. The van der Waals surface area contributed by atoms with E-state index in [4.69, 9.17) is 0 Å². The van der Waals surface area contributed by atoms with Crippen molar-refractivity contribution in [3.05, 3.63) is 64.7 Å². The molecule has 3 aromatic rings. The first-order chi connectivity index (χ1) is 12.9. The van der Waals surface area contributed by atoms with E-state index < -0.39 is 10.7 Å². The van der Waals surface area contributed by atoms with E-state index in [9.17, 15) is 19.3 Å². The summed E-state index contributed by atoms with van der Waals surface area (Å²) in [6.07, 6.45) is 3.08. The Morgan fingerprint density at radius 1 is 1.15 bits per heavy atom. The van der Waals surface area contributed by atoms with E-state index in [-0.39, 0.29) is 22.5 Å². The van der Waals surface area contributed by atoms with Crippen molar-refractivity contribution < 1.29 is 14.1 Å². The predicted octanol–water partition coefficient (Wildman–Crippen LogP) is 5.12. The molecule has 0 spiro atoms.